The van der Waals surface area contributed by atoms with Crippen LogP contribution in [-0.4, -0.2) is 33.0 Å². The van der Waals surface area contributed by atoms with Crippen LogP contribution in [-0.2, 0) is 17.6 Å². The number of hydrogen-bond donors (Lipinski definition) is 1. The summed E-state index contributed by atoms with van der Waals surface area (Å²) in [5.74, 6) is 1.65. The summed E-state index contributed by atoms with van der Waals surface area (Å²) in [6.45, 7) is 0.534. The van der Waals surface area contributed by atoms with E-state index >= 15 is 0 Å². The van der Waals surface area contributed by atoms with E-state index in [9.17, 15) is 4.79 Å². The summed E-state index contributed by atoms with van der Waals surface area (Å²) in [5.41, 5.74) is 2.96. The highest BCUT2D eigenvalue weighted by atomic mass is 35.5. The topological polar surface area (TPSA) is 59.8 Å². The van der Waals surface area contributed by atoms with Crippen molar-refractivity contribution in [1.29, 1.82) is 0 Å². The molecule has 1 N–H and O–H groups in total. The SMILES string of the molecule is O=C(CCCCSc1nnc(Cc2ccccc2)n1-c1ccc(Cl)c(Cl)c1)NCCc1ccc(Cl)cc1Cl. The van der Waals surface area contributed by atoms with Crippen molar-refractivity contribution in [3.63, 3.8) is 0 Å². The van der Waals surface area contributed by atoms with Crippen molar-refractivity contribution in [1.82, 2.24) is 20.1 Å². The average molecular weight is 608 g/mol. The fourth-order valence-corrected chi connectivity index (χ4v) is 5.64. The van der Waals surface area contributed by atoms with E-state index in [1.807, 2.05) is 41.0 Å². The summed E-state index contributed by atoms with van der Waals surface area (Å²) in [6, 6.07) is 21.1. The third kappa shape index (κ3) is 8.14. The Morgan fingerprint density at radius 3 is 2.45 bits per heavy atom. The molecule has 0 radical (unpaired) electrons. The minimum atomic E-state index is 0.0317. The van der Waals surface area contributed by atoms with Gasteiger partial charge in [-0.05, 0) is 60.7 Å². The predicted molar refractivity (Wildman–Crippen MR) is 158 cm³/mol. The number of hydrogen-bond acceptors (Lipinski definition) is 4. The number of benzene rings is 3. The van der Waals surface area contributed by atoms with Crippen LogP contribution in [0.15, 0.2) is 71.9 Å². The molecule has 0 aliphatic heterocycles. The van der Waals surface area contributed by atoms with Gasteiger partial charge in [0.25, 0.3) is 0 Å². The molecule has 4 aromatic rings. The van der Waals surface area contributed by atoms with Gasteiger partial charge in [0.05, 0.1) is 15.7 Å². The van der Waals surface area contributed by atoms with Crippen LogP contribution in [0.1, 0.15) is 36.2 Å². The van der Waals surface area contributed by atoms with Crippen LogP contribution in [0.2, 0.25) is 20.1 Å². The minimum absolute atomic E-state index is 0.0317. The zero-order valence-corrected chi connectivity index (χ0v) is 24.3. The lowest BCUT2D eigenvalue weighted by Gasteiger charge is -2.11. The van der Waals surface area contributed by atoms with Crippen LogP contribution in [0.5, 0.6) is 0 Å². The Hall–Kier alpha value is -2.22. The monoisotopic (exact) mass is 606 g/mol. The van der Waals surface area contributed by atoms with Crippen molar-refractivity contribution in [2.45, 2.75) is 37.3 Å². The van der Waals surface area contributed by atoms with Crippen molar-refractivity contribution < 1.29 is 4.79 Å². The van der Waals surface area contributed by atoms with Gasteiger partial charge in [0.15, 0.2) is 5.16 Å². The maximum absolute atomic E-state index is 12.3. The third-order valence-electron chi connectivity index (χ3n) is 5.83. The molecule has 1 heterocycles. The number of nitrogens with one attached hydrogen (secondary N) is 1. The van der Waals surface area contributed by atoms with Gasteiger partial charge < -0.3 is 5.32 Å². The molecular formula is C28H26Cl4N4OS. The average Bonchev–Trinajstić information content (AvgIpc) is 3.29. The van der Waals surface area contributed by atoms with E-state index in [-0.39, 0.29) is 5.91 Å². The van der Waals surface area contributed by atoms with Crippen molar-refractivity contribution in [2.75, 3.05) is 12.3 Å². The van der Waals surface area contributed by atoms with Crippen molar-refractivity contribution >= 4 is 64.1 Å². The van der Waals surface area contributed by atoms with Gasteiger partial charge in [-0.2, -0.15) is 0 Å². The van der Waals surface area contributed by atoms with E-state index in [4.69, 9.17) is 46.4 Å². The fraction of sp³-hybridized carbons (Fsp3) is 0.250. The van der Waals surface area contributed by atoms with Crippen LogP contribution in [0.4, 0.5) is 0 Å². The molecule has 0 fully saturated rings. The number of thioether (sulfide) groups is 1. The molecule has 1 amide bonds. The normalized spacial score (nSPS) is 11.1. The summed E-state index contributed by atoms with van der Waals surface area (Å²) in [5, 5.41) is 14.9. The third-order valence-corrected chi connectivity index (χ3v) is 8.17. The second kappa shape index (κ2) is 14.2. The molecule has 0 bridgehead atoms. The summed E-state index contributed by atoms with van der Waals surface area (Å²) < 4.78 is 2.02. The highest BCUT2D eigenvalue weighted by molar-refractivity contribution is 7.99. The number of carbonyl (C=O) groups excluding carboxylic acids is 1. The Kier molecular flexibility index (Phi) is 10.8. The van der Waals surface area contributed by atoms with Crippen LogP contribution < -0.4 is 5.32 Å². The minimum Gasteiger partial charge on any atom is -0.356 e. The van der Waals surface area contributed by atoms with Gasteiger partial charge in [0, 0.05) is 35.2 Å². The van der Waals surface area contributed by atoms with E-state index in [1.54, 1.807) is 30.0 Å². The first-order chi connectivity index (χ1) is 18.4. The van der Waals surface area contributed by atoms with Gasteiger partial charge >= 0.3 is 0 Å². The smallest absolute Gasteiger partial charge is 0.220 e. The van der Waals surface area contributed by atoms with Crippen LogP contribution in [0.3, 0.4) is 0 Å². The molecule has 38 heavy (non-hydrogen) atoms. The number of unbranched alkanes of at least 4 members (excludes halogenated alkanes) is 1. The van der Waals surface area contributed by atoms with Crippen molar-refractivity contribution in [3.8, 4) is 5.69 Å². The summed E-state index contributed by atoms with van der Waals surface area (Å²) in [6.07, 6.45) is 3.40. The number of aromatic nitrogens is 3. The van der Waals surface area contributed by atoms with E-state index in [0.29, 0.717) is 45.9 Å². The Morgan fingerprint density at radius 2 is 1.68 bits per heavy atom. The van der Waals surface area contributed by atoms with Crippen molar-refractivity contribution in [2.24, 2.45) is 0 Å². The Balaban J connectivity index is 1.29. The highest BCUT2D eigenvalue weighted by Crippen LogP contribution is 2.29. The number of carbonyl (C=O) groups is 1. The van der Waals surface area contributed by atoms with E-state index < -0.39 is 0 Å². The molecule has 4 rings (SSSR count). The number of nitrogens with zero attached hydrogens (tertiary/aromatic N) is 3. The summed E-state index contributed by atoms with van der Waals surface area (Å²) >= 11 is 26.2. The Morgan fingerprint density at radius 1 is 0.868 bits per heavy atom. The van der Waals surface area contributed by atoms with Gasteiger partial charge in [-0.15, -0.1) is 10.2 Å². The second-order valence-corrected chi connectivity index (χ2v) is 11.4. The zero-order valence-electron chi connectivity index (χ0n) is 20.5. The van der Waals surface area contributed by atoms with Crippen LogP contribution >= 0.6 is 58.2 Å². The first-order valence-electron chi connectivity index (χ1n) is 12.2. The molecule has 0 saturated carbocycles. The molecule has 0 aliphatic carbocycles. The first kappa shape index (κ1) is 28.8. The molecule has 10 heteroatoms. The predicted octanol–water partition coefficient (Wildman–Crippen LogP) is 8.09. The quantitative estimate of drug-likeness (QED) is 0.131. The molecular weight excluding hydrogens is 582 g/mol. The summed E-state index contributed by atoms with van der Waals surface area (Å²) in [7, 11) is 0. The number of rotatable bonds is 12. The zero-order chi connectivity index (χ0) is 26.9. The highest BCUT2D eigenvalue weighted by Gasteiger charge is 2.16. The van der Waals surface area contributed by atoms with Crippen LogP contribution in [0.25, 0.3) is 5.69 Å². The molecule has 0 aliphatic rings. The molecule has 5 nitrogen and oxygen atoms in total. The molecule has 0 spiro atoms. The largest absolute Gasteiger partial charge is 0.356 e. The summed E-state index contributed by atoms with van der Waals surface area (Å²) in [4.78, 5) is 12.3. The molecule has 0 saturated heterocycles. The van der Waals surface area contributed by atoms with Crippen LogP contribution in [0, 0.1) is 0 Å². The second-order valence-electron chi connectivity index (χ2n) is 8.64. The van der Waals surface area contributed by atoms with Gasteiger partial charge in [-0.25, -0.2) is 0 Å². The van der Waals surface area contributed by atoms with Gasteiger partial charge in [-0.3, -0.25) is 9.36 Å². The molecule has 1 aromatic heterocycles. The Labute approximate surface area is 246 Å². The molecule has 198 valence electrons. The fourth-order valence-electron chi connectivity index (χ4n) is 3.87. The molecule has 3 aromatic carbocycles. The first-order valence-corrected chi connectivity index (χ1v) is 14.7. The van der Waals surface area contributed by atoms with Gasteiger partial charge in [0.2, 0.25) is 5.91 Å². The lowest BCUT2D eigenvalue weighted by atomic mass is 10.1. The Bertz CT molecular complexity index is 1380. The lowest BCUT2D eigenvalue weighted by molar-refractivity contribution is -0.121. The molecule has 0 atom stereocenters. The maximum atomic E-state index is 12.3. The van der Waals surface area contributed by atoms with Gasteiger partial charge in [0.1, 0.15) is 5.82 Å². The van der Waals surface area contributed by atoms with E-state index in [1.165, 1.54) is 0 Å². The van der Waals surface area contributed by atoms with Crippen molar-refractivity contribution in [3.05, 3.63) is 104 Å². The number of amides is 1. The van der Waals surface area contributed by atoms with E-state index in [2.05, 4.69) is 27.6 Å². The number of halogens is 4. The molecule has 0 unspecified atom stereocenters. The van der Waals surface area contributed by atoms with E-state index in [0.717, 1.165) is 46.4 Å². The standard InChI is InChI=1S/C28H26Cl4N4OS/c29-21-10-9-20(24(31)17-21)13-14-33-27(37)8-4-5-15-38-28-35-34-26(16-19-6-2-1-3-7-19)36(28)22-11-12-23(30)25(32)18-22/h1-3,6-7,9-12,17-18H,4-5,8,13-16H2,(H,33,37). The lowest BCUT2D eigenvalue weighted by Crippen LogP contribution is -2.25. The maximum Gasteiger partial charge on any atom is 0.220 e. The van der Waals surface area contributed by atoms with Gasteiger partial charge in [-0.1, -0.05) is 94.6 Å².